The highest BCUT2D eigenvalue weighted by Gasteiger charge is 2.13. The summed E-state index contributed by atoms with van der Waals surface area (Å²) in [6.45, 7) is 2.13. The van der Waals surface area contributed by atoms with Gasteiger partial charge in [-0.3, -0.25) is 0 Å². The SMILES string of the molecule is Cc1cccc(-c2ccc3oc4cc(P)c(-c5cccc(-c6ccccc6)c5)cc4c3c2)c1. The molecule has 0 amide bonds. The van der Waals surface area contributed by atoms with Gasteiger partial charge in [0.1, 0.15) is 11.2 Å². The molecule has 0 saturated carbocycles. The number of rotatable bonds is 3. The van der Waals surface area contributed by atoms with Crippen LogP contribution in [0.25, 0.3) is 55.3 Å². The first-order valence-corrected chi connectivity index (χ1v) is 11.7. The van der Waals surface area contributed by atoms with Crippen molar-refractivity contribution in [2.24, 2.45) is 0 Å². The highest BCUT2D eigenvalue weighted by Crippen LogP contribution is 2.35. The molecule has 0 aliphatic carbocycles. The molecule has 6 rings (SSSR count). The van der Waals surface area contributed by atoms with E-state index < -0.39 is 0 Å². The average Bonchev–Trinajstić information content (AvgIpc) is 3.20. The van der Waals surface area contributed by atoms with E-state index in [0.717, 1.165) is 27.2 Å². The normalized spacial score (nSPS) is 11.3. The van der Waals surface area contributed by atoms with Gasteiger partial charge in [0, 0.05) is 10.8 Å². The zero-order valence-electron chi connectivity index (χ0n) is 18.4. The van der Waals surface area contributed by atoms with Crippen molar-refractivity contribution >= 4 is 36.5 Å². The molecule has 5 aromatic carbocycles. The molecule has 33 heavy (non-hydrogen) atoms. The van der Waals surface area contributed by atoms with Gasteiger partial charge >= 0.3 is 0 Å². The van der Waals surface area contributed by atoms with Gasteiger partial charge in [-0.25, -0.2) is 0 Å². The van der Waals surface area contributed by atoms with Crippen LogP contribution in [0, 0.1) is 6.92 Å². The first-order chi connectivity index (χ1) is 16.2. The van der Waals surface area contributed by atoms with Gasteiger partial charge in [-0.05, 0) is 75.9 Å². The maximum absolute atomic E-state index is 6.22. The highest BCUT2D eigenvalue weighted by molar-refractivity contribution is 7.28. The van der Waals surface area contributed by atoms with Crippen LogP contribution in [0.1, 0.15) is 5.56 Å². The van der Waals surface area contributed by atoms with E-state index in [2.05, 4.69) is 125 Å². The monoisotopic (exact) mass is 442 g/mol. The van der Waals surface area contributed by atoms with Crippen molar-refractivity contribution in [3.05, 3.63) is 115 Å². The Labute approximate surface area is 195 Å². The second-order valence-corrected chi connectivity index (χ2v) is 9.19. The summed E-state index contributed by atoms with van der Waals surface area (Å²) in [7, 11) is 2.89. The van der Waals surface area contributed by atoms with Crippen LogP contribution in [-0.2, 0) is 0 Å². The predicted molar refractivity (Wildman–Crippen MR) is 144 cm³/mol. The molecule has 1 nitrogen and oxygen atoms in total. The van der Waals surface area contributed by atoms with Gasteiger partial charge in [0.25, 0.3) is 0 Å². The number of furan rings is 1. The summed E-state index contributed by atoms with van der Waals surface area (Å²) in [5, 5.41) is 3.42. The molecule has 1 atom stereocenters. The summed E-state index contributed by atoms with van der Waals surface area (Å²) in [6, 6.07) is 38.8. The molecule has 0 radical (unpaired) electrons. The van der Waals surface area contributed by atoms with Gasteiger partial charge < -0.3 is 4.42 Å². The number of aryl methyl sites for hydroxylation is 1. The van der Waals surface area contributed by atoms with E-state index in [9.17, 15) is 0 Å². The Morgan fingerprint density at radius 2 is 1.18 bits per heavy atom. The van der Waals surface area contributed by atoms with E-state index in [-0.39, 0.29) is 0 Å². The molecular formula is C31H23OP. The molecule has 0 bridgehead atoms. The van der Waals surface area contributed by atoms with Crippen LogP contribution < -0.4 is 5.30 Å². The highest BCUT2D eigenvalue weighted by atomic mass is 31.0. The maximum atomic E-state index is 6.22. The van der Waals surface area contributed by atoms with Crippen LogP contribution in [0.3, 0.4) is 0 Å². The topological polar surface area (TPSA) is 13.1 Å². The predicted octanol–water partition coefficient (Wildman–Crippen LogP) is 8.40. The van der Waals surface area contributed by atoms with Gasteiger partial charge in [-0.2, -0.15) is 0 Å². The molecular weight excluding hydrogens is 419 g/mol. The second-order valence-electron chi connectivity index (χ2n) is 8.56. The molecule has 0 spiro atoms. The Morgan fingerprint density at radius 1 is 0.515 bits per heavy atom. The van der Waals surface area contributed by atoms with Crippen LogP contribution in [0.5, 0.6) is 0 Å². The summed E-state index contributed by atoms with van der Waals surface area (Å²) in [6.07, 6.45) is 0. The molecule has 0 fully saturated rings. The van der Waals surface area contributed by atoms with Crippen LogP contribution in [0.15, 0.2) is 114 Å². The zero-order valence-corrected chi connectivity index (χ0v) is 19.5. The average molecular weight is 442 g/mol. The third kappa shape index (κ3) is 3.65. The number of benzene rings is 5. The van der Waals surface area contributed by atoms with Gasteiger partial charge in [-0.1, -0.05) is 84.4 Å². The number of hydrogen-bond donors (Lipinski definition) is 0. The Hall–Kier alpha value is -3.67. The minimum absolute atomic E-state index is 0.916. The lowest BCUT2D eigenvalue weighted by Gasteiger charge is -2.09. The van der Waals surface area contributed by atoms with Crippen LogP contribution in [0.4, 0.5) is 0 Å². The van der Waals surface area contributed by atoms with Crippen molar-refractivity contribution in [1.82, 2.24) is 0 Å². The summed E-state index contributed by atoms with van der Waals surface area (Å²) in [5.41, 5.74) is 10.4. The van der Waals surface area contributed by atoms with E-state index in [1.807, 2.05) is 0 Å². The lowest BCUT2D eigenvalue weighted by atomic mass is 9.97. The van der Waals surface area contributed by atoms with Crippen molar-refractivity contribution in [3.63, 3.8) is 0 Å². The van der Waals surface area contributed by atoms with E-state index in [4.69, 9.17) is 4.42 Å². The minimum Gasteiger partial charge on any atom is -0.456 e. The Balaban J connectivity index is 1.52. The fraction of sp³-hybridized carbons (Fsp3) is 0.0323. The summed E-state index contributed by atoms with van der Waals surface area (Å²) in [4.78, 5) is 0. The van der Waals surface area contributed by atoms with E-state index >= 15 is 0 Å². The molecule has 0 N–H and O–H groups in total. The lowest BCUT2D eigenvalue weighted by Crippen LogP contribution is -1.96. The first-order valence-electron chi connectivity index (χ1n) is 11.1. The van der Waals surface area contributed by atoms with E-state index in [1.54, 1.807) is 0 Å². The maximum Gasteiger partial charge on any atom is 0.136 e. The Bertz CT molecular complexity index is 1630. The summed E-state index contributed by atoms with van der Waals surface area (Å²) in [5.74, 6) is 0. The standard InChI is InChI=1S/C31H23OP/c1-20-7-5-10-22(15-20)24-13-14-29-27(17-24)28-18-26(31(33)19-30(28)32-29)25-12-6-11-23(16-25)21-8-3-2-4-9-21/h2-19H,33H2,1H3. The quantitative estimate of drug-likeness (QED) is 0.251. The Morgan fingerprint density at radius 3 is 2.00 bits per heavy atom. The van der Waals surface area contributed by atoms with E-state index in [0.29, 0.717) is 0 Å². The van der Waals surface area contributed by atoms with Crippen LogP contribution in [0.2, 0.25) is 0 Å². The number of hydrogen-bond acceptors (Lipinski definition) is 1. The van der Waals surface area contributed by atoms with Crippen LogP contribution in [-0.4, -0.2) is 0 Å². The van der Waals surface area contributed by atoms with E-state index in [1.165, 1.54) is 38.9 Å². The lowest BCUT2D eigenvalue weighted by molar-refractivity contribution is 0.669. The molecule has 1 heterocycles. The van der Waals surface area contributed by atoms with Gasteiger partial charge in [0.05, 0.1) is 0 Å². The zero-order chi connectivity index (χ0) is 22.4. The van der Waals surface area contributed by atoms with Crippen molar-refractivity contribution in [3.8, 4) is 33.4 Å². The van der Waals surface area contributed by atoms with Gasteiger partial charge in [0.2, 0.25) is 0 Å². The molecule has 1 unspecified atom stereocenters. The van der Waals surface area contributed by atoms with Gasteiger partial charge in [0.15, 0.2) is 0 Å². The summed E-state index contributed by atoms with van der Waals surface area (Å²) < 4.78 is 6.22. The first kappa shape index (κ1) is 20.0. The smallest absolute Gasteiger partial charge is 0.136 e. The minimum atomic E-state index is 0.916. The molecule has 0 saturated heterocycles. The summed E-state index contributed by atoms with van der Waals surface area (Å²) >= 11 is 0. The van der Waals surface area contributed by atoms with Crippen molar-refractivity contribution < 1.29 is 4.42 Å². The molecule has 0 aliphatic heterocycles. The molecule has 0 aliphatic rings. The van der Waals surface area contributed by atoms with Crippen LogP contribution >= 0.6 is 9.24 Å². The second kappa shape index (κ2) is 8.03. The molecule has 2 heteroatoms. The third-order valence-corrected chi connectivity index (χ3v) is 6.75. The molecule has 6 aromatic rings. The van der Waals surface area contributed by atoms with Gasteiger partial charge in [-0.15, -0.1) is 9.24 Å². The third-order valence-electron chi connectivity index (χ3n) is 6.27. The van der Waals surface area contributed by atoms with Crippen molar-refractivity contribution in [1.29, 1.82) is 0 Å². The largest absolute Gasteiger partial charge is 0.456 e. The molecule has 158 valence electrons. The molecule has 1 aromatic heterocycles. The fourth-order valence-electron chi connectivity index (χ4n) is 4.59. The Kier molecular flexibility index (Phi) is 4.86. The number of fused-ring (bicyclic) bond motifs is 3. The fourth-order valence-corrected chi connectivity index (χ4v) is 4.99. The van der Waals surface area contributed by atoms with Crippen molar-refractivity contribution in [2.45, 2.75) is 6.92 Å². The van der Waals surface area contributed by atoms with Crippen molar-refractivity contribution in [2.75, 3.05) is 0 Å².